The van der Waals surface area contributed by atoms with E-state index >= 15 is 0 Å². The number of hydrogen-bond acceptors (Lipinski definition) is 7. The van der Waals surface area contributed by atoms with Gasteiger partial charge in [0.25, 0.3) is 11.6 Å². The third kappa shape index (κ3) is 4.18. The van der Waals surface area contributed by atoms with E-state index < -0.39 is 10.8 Å². The van der Waals surface area contributed by atoms with Crippen LogP contribution in [0.15, 0.2) is 54.9 Å². The van der Waals surface area contributed by atoms with Crippen molar-refractivity contribution in [3.05, 3.63) is 81.4 Å². The van der Waals surface area contributed by atoms with Crippen LogP contribution in [0, 0.1) is 17.0 Å². The maximum Gasteiger partial charge on any atom is 0.295 e. The van der Waals surface area contributed by atoms with Crippen LogP contribution < -0.4 is 9.64 Å². The average molecular weight is 480 g/mol. The van der Waals surface area contributed by atoms with Gasteiger partial charge in [0.2, 0.25) is 12.2 Å². The molecule has 11 heteroatoms. The SMILES string of the molecule is COc1cc(N(C(=O)C=O)c2c(C)n(Cc3ccc(Cl)cn3)c3ccc([N+](=O)[O-])cc23)ccn1. The van der Waals surface area contributed by atoms with Gasteiger partial charge in [-0.05, 0) is 31.2 Å². The highest BCUT2D eigenvalue weighted by molar-refractivity contribution is 6.34. The third-order valence-electron chi connectivity index (χ3n) is 5.32. The molecule has 0 atom stereocenters. The van der Waals surface area contributed by atoms with Crippen LogP contribution in [0.4, 0.5) is 17.1 Å². The van der Waals surface area contributed by atoms with Crippen molar-refractivity contribution in [1.29, 1.82) is 0 Å². The van der Waals surface area contributed by atoms with Gasteiger partial charge in [-0.3, -0.25) is 29.6 Å². The summed E-state index contributed by atoms with van der Waals surface area (Å²) in [6.07, 6.45) is 3.15. The number of nitro benzene ring substituents is 1. The topological polar surface area (TPSA) is 120 Å². The molecule has 0 spiro atoms. The van der Waals surface area contributed by atoms with E-state index in [1.807, 2.05) is 4.57 Å². The average Bonchev–Trinajstić information content (AvgIpc) is 3.11. The van der Waals surface area contributed by atoms with Gasteiger partial charge in [-0.25, -0.2) is 4.98 Å². The Morgan fingerprint density at radius 1 is 1.24 bits per heavy atom. The van der Waals surface area contributed by atoms with Crippen LogP contribution in [0.3, 0.4) is 0 Å². The van der Waals surface area contributed by atoms with E-state index in [0.717, 1.165) is 0 Å². The highest BCUT2D eigenvalue weighted by Gasteiger charge is 2.27. The number of benzene rings is 1. The zero-order chi connectivity index (χ0) is 24.4. The Morgan fingerprint density at radius 3 is 2.68 bits per heavy atom. The van der Waals surface area contributed by atoms with Crippen LogP contribution >= 0.6 is 11.6 Å². The summed E-state index contributed by atoms with van der Waals surface area (Å²) in [6, 6.07) is 10.9. The van der Waals surface area contributed by atoms with Gasteiger partial charge in [0.1, 0.15) is 0 Å². The summed E-state index contributed by atoms with van der Waals surface area (Å²) in [5, 5.41) is 12.4. The summed E-state index contributed by atoms with van der Waals surface area (Å²) in [7, 11) is 1.43. The number of amides is 1. The smallest absolute Gasteiger partial charge is 0.295 e. The minimum absolute atomic E-state index is 0.152. The Balaban J connectivity index is 2.00. The summed E-state index contributed by atoms with van der Waals surface area (Å²) in [6.45, 7) is 2.07. The summed E-state index contributed by atoms with van der Waals surface area (Å²) < 4.78 is 7.03. The number of fused-ring (bicyclic) bond motifs is 1. The second-order valence-electron chi connectivity index (χ2n) is 7.29. The first-order valence-corrected chi connectivity index (χ1v) is 10.4. The molecule has 0 unspecified atom stereocenters. The van der Waals surface area contributed by atoms with Gasteiger partial charge >= 0.3 is 0 Å². The van der Waals surface area contributed by atoms with E-state index in [0.29, 0.717) is 45.2 Å². The van der Waals surface area contributed by atoms with Crippen LogP contribution in [-0.4, -0.2) is 38.8 Å². The zero-order valence-corrected chi connectivity index (χ0v) is 18.9. The summed E-state index contributed by atoms with van der Waals surface area (Å²) in [4.78, 5) is 45.0. The molecule has 1 aromatic carbocycles. The largest absolute Gasteiger partial charge is 0.481 e. The first kappa shape index (κ1) is 22.9. The quantitative estimate of drug-likeness (QED) is 0.168. The van der Waals surface area contributed by atoms with Gasteiger partial charge in [-0.2, -0.15) is 0 Å². The molecule has 0 N–H and O–H groups in total. The van der Waals surface area contributed by atoms with Gasteiger partial charge in [0.05, 0.1) is 46.2 Å². The number of rotatable bonds is 7. The minimum Gasteiger partial charge on any atom is -0.481 e. The van der Waals surface area contributed by atoms with Crippen molar-refractivity contribution in [1.82, 2.24) is 14.5 Å². The molecule has 1 amide bonds. The highest BCUT2D eigenvalue weighted by atomic mass is 35.5. The van der Waals surface area contributed by atoms with Crippen LogP contribution in [0.25, 0.3) is 10.9 Å². The number of nitrogens with zero attached hydrogens (tertiary/aromatic N) is 5. The predicted molar refractivity (Wildman–Crippen MR) is 126 cm³/mol. The van der Waals surface area contributed by atoms with E-state index in [1.54, 1.807) is 31.2 Å². The van der Waals surface area contributed by atoms with Crippen LogP contribution in [0.2, 0.25) is 5.02 Å². The second kappa shape index (κ2) is 9.28. The number of halogens is 1. The fourth-order valence-corrected chi connectivity index (χ4v) is 3.89. The van der Waals surface area contributed by atoms with E-state index in [4.69, 9.17) is 16.3 Å². The first-order chi connectivity index (χ1) is 16.3. The van der Waals surface area contributed by atoms with Crippen molar-refractivity contribution in [3.8, 4) is 5.88 Å². The monoisotopic (exact) mass is 479 g/mol. The molecule has 172 valence electrons. The highest BCUT2D eigenvalue weighted by Crippen LogP contribution is 2.40. The molecule has 4 aromatic rings. The number of non-ortho nitro benzene ring substituents is 1. The molecule has 10 nitrogen and oxygen atoms in total. The summed E-state index contributed by atoms with van der Waals surface area (Å²) in [5.41, 5.74) is 2.41. The van der Waals surface area contributed by atoms with Gasteiger partial charge in [0, 0.05) is 41.7 Å². The van der Waals surface area contributed by atoms with Crippen LogP contribution in [-0.2, 0) is 16.1 Å². The number of aldehydes is 1. The van der Waals surface area contributed by atoms with Crippen molar-refractivity contribution in [2.75, 3.05) is 12.0 Å². The van der Waals surface area contributed by atoms with Crippen molar-refractivity contribution < 1.29 is 19.2 Å². The van der Waals surface area contributed by atoms with Crippen molar-refractivity contribution >= 4 is 51.8 Å². The number of carbonyl (C=O) groups is 2. The van der Waals surface area contributed by atoms with Crippen molar-refractivity contribution in [3.63, 3.8) is 0 Å². The number of pyridine rings is 2. The molecule has 3 aromatic heterocycles. The lowest BCUT2D eigenvalue weighted by Gasteiger charge is -2.21. The number of aromatic nitrogens is 3. The number of nitro groups is 1. The number of ether oxygens (including phenoxy) is 1. The maximum atomic E-state index is 12.9. The molecule has 0 radical (unpaired) electrons. The molecule has 0 aliphatic heterocycles. The molecule has 0 aliphatic carbocycles. The zero-order valence-electron chi connectivity index (χ0n) is 18.1. The number of hydrogen-bond donors (Lipinski definition) is 0. The molecule has 0 fully saturated rings. The van der Waals surface area contributed by atoms with Crippen LogP contribution in [0.5, 0.6) is 5.88 Å². The fourth-order valence-electron chi connectivity index (χ4n) is 3.78. The van der Waals surface area contributed by atoms with E-state index in [9.17, 15) is 19.7 Å². The molecule has 0 aliphatic rings. The normalized spacial score (nSPS) is 10.8. The Bertz CT molecular complexity index is 1420. The molecular weight excluding hydrogens is 462 g/mol. The molecule has 0 saturated carbocycles. The van der Waals surface area contributed by atoms with Gasteiger partial charge < -0.3 is 9.30 Å². The predicted octanol–water partition coefficient (Wildman–Crippen LogP) is 4.22. The van der Waals surface area contributed by atoms with Crippen molar-refractivity contribution in [2.24, 2.45) is 0 Å². The first-order valence-electron chi connectivity index (χ1n) is 10.0. The molecule has 0 bridgehead atoms. The van der Waals surface area contributed by atoms with Crippen molar-refractivity contribution in [2.45, 2.75) is 13.5 Å². The van der Waals surface area contributed by atoms with Gasteiger partial charge in [0.15, 0.2) is 0 Å². The Labute approximate surface area is 198 Å². The molecule has 0 saturated heterocycles. The standard InChI is InChI=1S/C23H18ClN5O5/c1-14-23(28(22(31)13-30)17-7-8-25-21(10-17)34-2)19-9-18(29(32)33)5-6-20(19)27(14)12-16-4-3-15(24)11-26-16/h3-11,13H,12H2,1-2H3. The third-order valence-corrected chi connectivity index (χ3v) is 5.55. The fraction of sp³-hybridized carbons (Fsp3) is 0.130. The van der Waals surface area contributed by atoms with E-state index in [1.165, 1.54) is 42.6 Å². The summed E-state index contributed by atoms with van der Waals surface area (Å²) >= 11 is 5.95. The van der Waals surface area contributed by atoms with Gasteiger partial charge in [-0.1, -0.05) is 11.6 Å². The number of anilines is 2. The lowest BCUT2D eigenvalue weighted by atomic mass is 10.1. The summed E-state index contributed by atoms with van der Waals surface area (Å²) in [5.74, 6) is -0.620. The molecule has 3 heterocycles. The molecule has 4 rings (SSSR count). The Kier molecular flexibility index (Phi) is 6.24. The van der Waals surface area contributed by atoms with Gasteiger partial charge in [-0.15, -0.1) is 0 Å². The number of carbonyl (C=O) groups excluding carboxylic acids is 2. The van der Waals surface area contributed by atoms with Crippen LogP contribution in [0.1, 0.15) is 11.4 Å². The number of methoxy groups -OCH3 is 1. The Hall–Kier alpha value is -4.31. The molecular formula is C23H18ClN5O5. The lowest BCUT2D eigenvalue weighted by molar-refractivity contribution is -0.384. The van der Waals surface area contributed by atoms with E-state index in [-0.39, 0.29) is 17.9 Å². The lowest BCUT2D eigenvalue weighted by Crippen LogP contribution is -2.27. The minimum atomic E-state index is -0.855. The Morgan fingerprint density at radius 2 is 2.03 bits per heavy atom. The van der Waals surface area contributed by atoms with E-state index in [2.05, 4.69) is 9.97 Å². The second-order valence-corrected chi connectivity index (χ2v) is 7.73. The molecule has 34 heavy (non-hydrogen) atoms. The maximum absolute atomic E-state index is 12.9.